The standard InChI is InChI=1S/C7H15NO2/c1-5(4-9)3-6(2)7(8)10/h5-6,9H,3-4H2,1-2H3,(H2,8,10)/t5?,6-/m0/s1. The van der Waals surface area contributed by atoms with Gasteiger partial charge in [0, 0.05) is 12.5 Å². The van der Waals surface area contributed by atoms with Crippen molar-refractivity contribution >= 4 is 5.91 Å². The largest absolute Gasteiger partial charge is 0.396 e. The lowest BCUT2D eigenvalue weighted by Gasteiger charge is -2.10. The van der Waals surface area contributed by atoms with Crippen molar-refractivity contribution < 1.29 is 9.90 Å². The van der Waals surface area contributed by atoms with E-state index < -0.39 is 0 Å². The molecule has 0 aliphatic heterocycles. The molecule has 0 aromatic carbocycles. The predicted octanol–water partition coefficient (Wildman–Crippen LogP) is 0.126. The number of rotatable bonds is 4. The summed E-state index contributed by atoms with van der Waals surface area (Å²) in [7, 11) is 0. The van der Waals surface area contributed by atoms with Gasteiger partial charge in [-0.1, -0.05) is 13.8 Å². The highest BCUT2D eigenvalue weighted by molar-refractivity contribution is 5.76. The average molecular weight is 145 g/mol. The maximum atomic E-state index is 10.5. The summed E-state index contributed by atoms with van der Waals surface area (Å²) >= 11 is 0. The van der Waals surface area contributed by atoms with Gasteiger partial charge in [0.05, 0.1) is 0 Å². The monoisotopic (exact) mass is 145 g/mol. The Morgan fingerprint density at radius 1 is 1.60 bits per heavy atom. The molecule has 3 heteroatoms. The number of carbonyl (C=O) groups is 1. The van der Waals surface area contributed by atoms with E-state index in [9.17, 15) is 4.79 Å². The lowest BCUT2D eigenvalue weighted by Crippen LogP contribution is -2.23. The number of hydrogen-bond acceptors (Lipinski definition) is 2. The van der Waals surface area contributed by atoms with Crippen LogP contribution in [0.4, 0.5) is 0 Å². The Hall–Kier alpha value is -0.570. The normalized spacial score (nSPS) is 16.3. The molecule has 1 amide bonds. The smallest absolute Gasteiger partial charge is 0.220 e. The Kier molecular flexibility index (Phi) is 4.03. The minimum atomic E-state index is -0.291. The van der Waals surface area contributed by atoms with E-state index in [4.69, 9.17) is 10.8 Å². The van der Waals surface area contributed by atoms with E-state index in [-0.39, 0.29) is 24.3 Å². The average Bonchev–Trinajstić information content (AvgIpc) is 1.87. The van der Waals surface area contributed by atoms with E-state index >= 15 is 0 Å². The number of amides is 1. The van der Waals surface area contributed by atoms with Crippen molar-refractivity contribution in [3.8, 4) is 0 Å². The highest BCUT2D eigenvalue weighted by Gasteiger charge is 2.11. The first-order valence-electron chi connectivity index (χ1n) is 3.48. The van der Waals surface area contributed by atoms with Crippen LogP contribution in [0.2, 0.25) is 0 Å². The molecular weight excluding hydrogens is 130 g/mol. The van der Waals surface area contributed by atoms with Gasteiger partial charge in [-0.3, -0.25) is 4.79 Å². The first kappa shape index (κ1) is 9.43. The summed E-state index contributed by atoms with van der Waals surface area (Å²) in [6.07, 6.45) is 0.672. The Bertz CT molecular complexity index is 114. The van der Waals surface area contributed by atoms with E-state index in [1.807, 2.05) is 6.92 Å². The third kappa shape index (κ3) is 3.45. The van der Waals surface area contributed by atoms with Crippen LogP contribution in [0.5, 0.6) is 0 Å². The molecule has 0 saturated heterocycles. The predicted molar refractivity (Wildman–Crippen MR) is 39.2 cm³/mol. The zero-order valence-electron chi connectivity index (χ0n) is 6.50. The molecule has 0 spiro atoms. The van der Waals surface area contributed by atoms with Crippen molar-refractivity contribution in [3.05, 3.63) is 0 Å². The zero-order chi connectivity index (χ0) is 8.15. The van der Waals surface area contributed by atoms with Gasteiger partial charge in [0.15, 0.2) is 0 Å². The summed E-state index contributed by atoms with van der Waals surface area (Å²) < 4.78 is 0. The molecule has 0 saturated carbocycles. The van der Waals surface area contributed by atoms with Crippen LogP contribution in [0, 0.1) is 11.8 Å². The SMILES string of the molecule is CC(CO)C[C@H](C)C(N)=O. The third-order valence-electron chi connectivity index (χ3n) is 1.55. The third-order valence-corrected chi connectivity index (χ3v) is 1.55. The molecule has 0 heterocycles. The molecular formula is C7H15NO2. The molecule has 10 heavy (non-hydrogen) atoms. The van der Waals surface area contributed by atoms with Gasteiger partial charge in [-0.15, -0.1) is 0 Å². The topological polar surface area (TPSA) is 63.3 Å². The second-order valence-electron chi connectivity index (χ2n) is 2.83. The van der Waals surface area contributed by atoms with Gasteiger partial charge in [-0.05, 0) is 12.3 Å². The van der Waals surface area contributed by atoms with Crippen LogP contribution < -0.4 is 5.73 Å². The number of nitrogens with two attached hydrogens (primary N) is 1. The van der Waals surface area contributed by atoms with Crippen LogP contribution in [0.25, 0.3) is 0 Å². The zero-order valence-corrected chi connectivity index (χ0v) is 6.50. The number of primary amides is 1. The molecule has 1 unspecified atom stereocenters. The van der Waals surface area contributed by atoms with Crippen molar-refractivity contribution in [1.29, 1.82) is 0 Å². The molecule has 0 aliphatic carbocycles. The quantitative estimate of drug-likeness (QED) is 0.590. The first-order chi connectivity index (χ1) is 4.57. The molecule has 0 fully saturated rings. The Morgan fingerprint density at radius 3 is 2.40 bits per heavy atom. The maximum Gasteiger partial charge on any atom is 0.220 e. The van der Waals surface area contributed by atoms with Gasteiger partial charge in [0.1, 0.15) is 0 Å². The van der Waals surface area contributed by atoms with Gasteiger partial charge < -0.3 is 10.8 Å². The second-order valence-corrected chi connectivity index (χ2v) is 2.83. The van der Waals surface area contributed by atoms with E-state index in [0.29, 0.717) is 6.42 Å². The highest BCUT2D eigenvalue weighted by atomic mass is 16.3. The van der Waals surface area contributed by atoms with Crippen LogP contribution in [-0.4, -0.2) is 17.6 Å². The summed E-state index contributed by atoms with van der Waals surface area (Å²) in [6, 6.07) is 0. The van der Waals surface area contributed by atoms with Gasteiger partial charge >= 0.3 is 0 Å². The number of hydrogen-bond donors (Lipinski definition) is 2. The second kappa shape index (κ2) is 4.28. The fourth-order valence-corrected chi connectivity index (χ4v) is 0.794. The molecule has 3 N–H and O–H groups in total. The van der Waals surface area contributed by atoms with Gasteiger partial charge in [-0.2, -0.15) is 0 Å². The minimum absolute atomic E-state index is 0.123. The summed E-state index contributed by atoms with van der Waals surface area (Å²) in [5.74, 6) is -0.245. The van der Waals surface area contributed by atoms with Crippen LogP contribution in [0.1, 0.15) is 20.3 Å². The minimum Gasteiger partial charge on any atom is -0.396 e. The molecule has 3 nitrogen and oxygen atoms in total. The summed E-state index contributed by atoms with van der Waals surface area (Å²) in [6.45, 7) is 3.78. The first-order valence-corrected chi connectivity index (χ1v) is 3.48. The molecule has 60 valence electrons. The van der Waals surface area contributed by atoms with E-state index in [1.165, 1.54) is 0 Å². The van der Waals surface area contributed by atoms with Crippen molar-refractivity contribution in [3.63, 3.8) is 0 Å². The fraction of sp³-hybridized carbons (Fsp3) is 0.857. The van der Waals surface area contributed by atoms with E-state index in [0.717, 1.165) is 0 Å². The maximum absolute atomic E-state index is 10.5. The Balaban J connectivity index is 3.56. The lowest BCUT2D eigenvalue weighted by molar-refractivity contribution is -0.121. The van der Waals surface area contributed by atoms with Crippen LogP contribution in [0.15, 0.2) is 0 Å². The molecule has 0 radical (unpaired) electrons. The van der Waals surface area contributed by atoms with E-state index in [2.05, 4.69) is 0 Å². The molecule has 2 atom stereocenters. The van der Waals surface area contributed by atoms with Gasteiger partial charge in [0.2, 0.25) is 5.91 Å². The molecule has 0 aromatic rings. The Morgan fingerprint density at radius 2 is 2.10 bits per heavy atom. The number of carbonyl (C=O) groups excluding carboxylic acids is 1. The summed E-state index contributed by atoms with van der Waals surface area (Å²) in [5, 5.41) is 8.61. The van der Waals surface area contributed by atoms with Crippen molar-refractivity contribution in [2.24, 2.45) is 17.6 Å². The Labute approximate surface area is 61.2 Å². The lowest BCUT2D eigenvalue weighted by atomic mass is 9.98. The molecule has 0 bridgehead atoms. The molecule has 0 rings (SSSR count). The van der Waals surface area contributed by atoms with Gasteiger partial charge in [-0.25, -0.2) is 0 Å². The van der Waals surface area contributed by atoms with Crippen LogP contribution >= 0.6 is 0 Å². The summed E-state index contributed by atoms with van der Waals surface area (Å²) in [5.41, 5.74) is 5.02. The van der Waals surface area contributed by atoms with Gasteiger partial charge in [0.25, 0.3) is 0 Å². The number of aliphatic hydroxyl groups is 1. The fourth-order valence-electron chi connectivity index (χ4n) is 0.794. The van der Waals surface area contributed by atoms with Crippen LogP contribution in [-0.2, 0) is 4.79 Å². The van der Waals surface area contributed by atoms with Crippen molar-refractivity contribution in [1.82, 2.24) is 0 Å². The summed E-state index contributed by atoms with van der Waals surface area (Å²) in [4.78, 5) is 10.5. The molecule has 0 aromatic heterocycles. The van der Waals surface area contributed by atoms with Crippen LogP contribution in [0.3, 0.4) is 0 Å². The van der Waals surface area contributed by atoms with Crippen molar-refractivity contribution in [2.45, 2.75) is 20.3 Å². The van der Waals surface area contributed by atoms with E-state index in [1.54, 1.807) is 6.92 Å². The van der Waals surface area contributed by atoms with Crippen molar-refractivity contribution in [2.75, 3.05) is 6.61 Å². The molecule has 0 aliphatic rings. The number of aliphatic hydroxyl groups excluding tert-OH is 1. The highest BCUT2D eigenvalue weighted by Crippen LogP contribution is 2.09.